The van der Waals surface area contributed by atoms with Gasteiger partial charge in [-0.2, -0.15) is 0 Å². The molecule has 0 radical (unpaired) electrons. The molecule has 15 heavy (non-hydrogen) atoms. The standard InChI is InChI=1S/C11H24N2O2/c1-6-9(2)13(8-7-12)10(14)15-11(3,4)5/h9H,6-8,12H2,1-5H3. The van der Waals surface area contributed by atoms with Crippen molar-refractivity contribution in [3.05, 3.63) is 0 Å². The van der Waals surface area contributed by atoms with Crippen molar-refractivity contribution in [2.45, 2.75) is 52.7 Å². The van der Waals surface area contributed by atoms with Crippen LogP contribution in [0.15, 0.2) is 0 Å². The minimum atomic E-state index is -0.447. The van der Waals surface area contributed by atoms with Gasteiger partial charge in [-0.05, 0) is 34.1 Å². The Balaban J connectivity index is 4.42. The van der Waals surface area contributed by atoms with E-state index >= 15 is 0 Å². The van der Waals surface area contributed by atoms with Crippen LogP contribution in [0, 0.1) is 0 Å². The molecule has 0 spiro atoms. The molecule has 0 aromatic heterocycles. The van der Waals surface area contributed by atoms with Gasteiger partial charge in [0.05, 0.1) is 0 Å². The molecule has 1 amide bonds. The lowest BCUT2D eigenvalue weighted by Gasteiger charge is -2.30. The molecule has 4 heteroatoms. The average molecular weight is 216 g/mol. The molecule has 0 saturated carbocycles. The molecular formula is C11H24N2O2. The van der Waals surface area contributed by atoms with Crippen LogP contribution in [0.3, 0.4) is 0 Å². The smallest absolute Gasteiger partial charge is 0.410 e. The monoisotopic (exact) mass is 216 g/mol. The molecule has 0 aliphatic carbocycles. The van der Waals surface area contributed by atoms with Gasteiger partial charge < -0.3 is 15.4 Å². The zero-order valence-electron chi connectivity index (χ0n) is 10.5. The summed E-state index contributed by atoms with van der Waals surface area (Å²) in [4.78, 5) is 13.5. The molecule has 90 valence electrons. The molecule has 0 aromatic carbocycles. The van der Waals surface area contributed by atoms with Crippen molar-refractivity contribution < 1.29 is 9.53 Å². The molecule has 0 aliphatic heterocycles. The van der Waals surface area contributed by atoms with Crippen molar-refractivity contribution in [1.29, 1.82) is 0 Å². The van der Waals surface area contributed by atoms with E-state index in [2.05, 4.69) is 0 Å². The fourth-order valence-corrected chi connectivity index (χ4v) is 1.17. The Morgan fingerprint density at radius 3 is 2.33 bits per heavy atom. The molecule has 0 aliphatic rings. The van der Waals surface area contributed by atoms with Gasteiger partial charge in [-0.1, -0.05) is 6.92 Å². The van der Waals surface area contributed by atoms with Crippen LogP contribution in [0.5, 0.6) is 0 Å². The van der Waals surface area contributed by atoms with Crippen LogP contribution in [0.2, 0.25) is 0 Å². The Morgan fingerprint density at radius 1 is 1.47 bits per heavy atom. The predicted octanol–water partition coefficient (Wildman–Crippen LogP) is 1.98. The molecule has 0 rings (SSSR count). The highest BCUT2D eigenvalue weighted by Crippen LogP contribution is 2.12. The molecule has 0 heterocycles. The van der Waals surface area contributed by atoms with E-state index in [4.69, 9.17) is 10.5 Å². The maximum Gasteiger partial charge on any atom is 0.410 e. The third-order valence-electron chi connectivity index (χ3n) is 2.12. The number of carbonyl (C=O) groups excluding carboxylic acids is 1. The Morgan fingerprint density at radius 2 is 2.00 bits per heavy atom. The Bertz CT molecular complexity index is 199. The van der Waals surface area contributed by atoms with Gasteiger partial charge in [-0.3, -0.25) is 0 Å². The largest absolute Gasteiger partial charge is 0.444 e. The average Bonchev–Trinajstić information content (AvgIpc) is 2.10. The van der Waals surface area contributed by atoms with Crippen molar-refractivity contribution in [2.24, 2.45) is 5.73 Å². The number of nitrogens with zero attached hydrogens (tertiary/aromatic N) is 1. The van der Waals surface area contributed by atoms with E-state index in [9.17, 15) is 4.79 Å². The molecule has 0 aromatic rings. The SMILES string of the molecule is CCC(C)N(CCN)C(=O)OC(C)(C)C. The van der Waals surface area contributed by atoms with Crippen LogP contribution in [-0.4, -0.2) is 35.7 Å². The quantitative estimate of drug-likeness (QED) is 0.781. The Kier molecular flexibility index (Phi) is 5.65. The lowest BCUT2D eigenvalue weighted by atomic mass is 10.2. The second-order valence-electron chi connectivity index (χ2n) is 4.72. The van der Waals surface area contributed by atoms with Crippen LogP contribution >= 0.6 is 0 Å². The summed E-state index contributed by atoms with van der Waals surface area (Å²) in [6.07, 6.45) is 0.626. The van der Waals surface area contributed by atoms with Crippen molar-refractivity contribution in [1.82, 2.24) is 4.90 Å². The fourth-order valence-electron chi connectivity index (χ4n) is 1.17. The first kappa shape index (κ1) is 14.2. The van der Waals surface area contributed by atoms with E-state index in [-0.39, 0.29) is 12.1 Å². The minimum Gasteiger partial charge on any atom is -0.444 e. The summed E-state index contributed by atoms with van der Waals surface area (Å²) >= 11 is 0. The number of rotatable bonds is 4. The zero-order chi connectivity index (χ0) is 12.1. The molecule has 0 fully saturated rings. The lowest BCUT2D eigenvalue weighted by molar-refractivity contribution is 0.0179. The number of carbonyl (C=O) groups is 1. The van der Waals surface area contributed by atoms with Gasteiger partial charge in [0.2, 0.25) is 0 Å². The van der Waals surface area contributed by atoms with E-state index < -0.39 is 5.60 Å². The summed E-state index contributed by atoms with van der Waals surface area (Å²) in [5.74, 6) is 0. The minimum absolute atomic E-state index is 0.170. The first-order valence-corrected chi connectivity index (χ1v) is 5.51. The highest BCUT2D eigenvalue weighted by atomic mass is 16.6. The van der Waals surface area contributed by atoms with Gasteiger partial charge in [0.1, 0.15) is 5.60 Å². The molecule has 0 bridgehead atoms. The van der Waals surface area contributed by atoms with Crippen LogP contribution in [0.25, 0.3) is 0 Å². The van der Waals surface area contributed by atoms with Gasteiger partial charge in [0.25, 0.3) is 0 Å². The van der Waals surface area contributed by atoms with E-state index in [0.29, 0.717) is 13.1 Å². The number of ether oxygens (including phenoxy) is 1. The highest BCUT2D eigenvalue weighted by molar-refractivity contribution is 5.68. The van der Waals surface area contributed by atoms with E-state index in [1.165, 1.54) is 0 Å². The molecule has 1 unspecified atom stereocenters. The van der Waals surface area contributed by atoms with Crippen molar-refractivity contribution >= 4 is 6.09 Å². The first-order valence-electron chi connectivity index (χ1n) is 5.51. The maximum absolute atomic E-state index is 11.8. The van der Waals surface area contributed by atoms with Gasteiger partial charge in [-0.15, -0.1) is 0 Å². The summed E-state index contributed by atoms with van der Waals surface area (Å²) in [7, 11) is 0. The Labute approximate surface area is 92.8 Å². The maximum atomic E-state index is 11.8. The van der Waals surface area contributed by atoms with Crippen molar-refractivity contribution in [2.75, 3.05) is 13.1 Å². The van der Waals surface area contributed by atoms with Crippen LogP contribution < -0.4 is 5.73 Å². The van der Waals surface area contributed by atoms with Crippen LogP contribution in [0.1, 0.15) is 41.0 Å². The molecule has 4 nitrogen and oxygen atoms in total. The van der Waals surface area contributed by atoms with Crippen molar-refractivity contribution in [3.8, 4) is 0 Å². The van der Waals surface area contributed by atoms with Crippen LogP contribution in [0.4, 0.5) is 4.79 Å². The number of hydrogen-bond acceptors (Lipinski definition) is 3. The van der Waals surface area contributed by atoms with Gasteiger partial charge >= 0.3 is 6.09 Å². The Hall–Kier alpha value is -0.770. The highest BCUT2D eigenvalue weighted by Gasteiger charge is 2.24. The predicted molar refractivity (Wildman–Crippen MR) is 61.7 cm³/mol. The molecule has 1 atom stereocenters. The second-order valence-corrected chi connectivity index (χ2v) is 4.72. The van der Waals surface area contributed by atoms with Gasteiger partial charge in [-0.25, -0.2) is 4.79 Å². The van der Waals surface area contributed by atoms with E-state index in [0.717, 1.165) is 6.42 Å². The lowest BCUT2D eigenvalue weighted by Crippen LogP contribution is -2.44. The van der Waals surface area contributed by atoms with E-state index in [1.54, 1.807) is 4.90 Å². The van der Waals surface area contributed by atoms with E-state index in [1.807, 2.05) is 34.6 Å². The summed E-state index contributed by atoms with van der Waals surface area (Å²) < 4.78 is 5.31. The summed E-state index contributed by atoms with van der Waals surface area (Å²) in [6, 6.07) is 0.170. The molecule has 2 N–H and O–H groups in total. The van der Waals surface area contributed by atoms with Gasteiger partial charge in [0.15, 0.2) is 0 Å². The summed E-state index contributed by atoms with van der Waals surface area (Å²) in [5, 5.41) is 0. The number of hydrogen-bond donors (Lipinski definition) is 1. The number of nitrogens with two attached hydrogens (primary N) is 1. The summed E-state index contributed by atoms with van der Waals surface area (Å²) in [6.45, 7) is 10.6. The summed E-state index contributed by atoms with van der Waals surface area (Å²) in [5.41, 5.74) is 5.03. The molecule has 0 saturated heterocycles. The van der Waals surface area contributed by atoms with Crippen molar-refractivity contribution in [3.63, 3.8) is 0 Å². The third kappa shape index (κ3) is 5.62. The fraction of sp³-hybridized carbons (Fsp3) is 0.909. The molecular weight excluding hydrogens is 192 g/mol. The first-order chi connectivity index (χ1) is 6.81. The van der Waals surface area contributed by atoms with Gasteiger partial charge in [0, 0.05) is 19.1 Å². The topological polar surface area (TPSA) is 55.6 Å². The normalized spacial score (nSPS) is 13.5. The zero-order valence-corrected chi connectivity index (χ0v) is 10.5. The van der Waals surface area contributed by atoms with Crippen LogP contribution in [-0.2, 0) is 4.74 Å². The third-order valence-corrected chi connectivity index (χ3v) is 2.12. The number of amides is 1. The second kappa shape index (κ2) is 5.95.